The molecule has 2 aliphatic rings. The first-order chi connectivity index (χ1) is 47.6. The Kier molecular flexibility index (Phi) is 11.0. The maximum Gasteiger partial charge on any atom is 0.137 e. The second kappa shape index (κ2) is 19.6. The largest absolute Gasteiger partial charge is 0.456 e. The molecule has 14 aromatic carbocycles. The van der Waals surface area contributed by atoms with E-state index in [0.29, 0.717) is 0 Å². The number of fused-ring (bicyclic) bond motifs is 21. The van der Waals surface area contributed by atoms with Crippen molar-refractivity contribution in [3.8, 4) is 33.6 Å². The molecule has 97 heavy (non-hydrogen) atoms. The van der Waals surface area contributed by atoms with E-state index < -0.39 is 0 Å². The van der Waals surface area contributed by atoms with Crippen LogP contribution in [0, 0.1) is 0 Å². The van der Waals surface area contributed by atoms with Crippen LogP contribution in [0.3, 0.4) is 0 Å². The van der Waals surface area contributed by atoms with E-state index in [4.69, 9.17) is 13.3 Å². The average molecular weight is 1250 g/mol. The highest BCUT2D eigenvalue weighted by atomic mass is 16.3. The summed E-state index contributed by atoms with van der Waals surface area (Å²) in [6.07, 6.45) is 0. The predicted octanol–water partition coefficient (Wildman–Crippen LogP) is 25.1. The lowest BCUT2D eigenvalue weighted by molar-refractivity contribution is 0.660. The topological polar surface area (TPSA) is 55.8 Å². The quantitative estimate of drug-likeness (QED) is 0.152. The molecule has 7 heteroatoms. The highest BCUT2D eigenvalue weighted by molar-refractivity contribution is 6.19. The van der Waals surface area contributed by atoms with E-state index in [9.17, 15) is 0 Å². The number of benzene rings is 14. The van der Waals surface area contributed by atoms with Crippen LogP contribution < -0.4 is 9.80 Å². The van der Waals surface area contributed by atoms with Crippen LogP contribution in [0.15, 0.2) is 304 Å². The highest BCUT2D eigenvalue weighted by Crippen LogP contribution is 2.54. The monoisotopic (exact) mass is 1240 g/mol. The Morgan fingerprint density at radius 2 is 0.526 bits per heavy atom. The molecule has 0 spiro atoms. The molecule has 0 saturated carbocycles. The lowest BCUT2D eigenvalue weighted by Crippen LogP contribution is -2.16. The van der Waals surface area contributed by atoms with E-state index in [1.165, 1.54) is 88.1 Å². The van der Waals surface area contributed by atoms with Crippen molar-refractivity contribution in [2.24, 2.45) is 0 Å². The molecular weight excluding hydrogens is 1190 g/mol. The van der Waals surface area contributed by atoms with Gasteiger partial charge in [0, 0.05) is 122 Å². The van der Waals surface area contributed by atoms with Gasteiger partial charge in [-0.15, -0.1) is 0 Å². The Hall–Kier alpha value is -12.3. The number of nitrogens with zero attached hydrogens (tertiary/aromatic N) is 4. The van der Waals surface area contributed by atoms with Gasteiger partial charge in [-0.05, 0) is 178 Å². The molecule has 7 nitrogen and oxygen atoms in total. The van der Waals surface area contributed by atoms with Gasteiger partial charge >= 0.3 is 0 Å². The smallest absolute Gasteiger partial charge is 0.137 e. The van der Waals surface area contributed by atoms with Crippen molar-refractivity contribution in [3.63, 3.8) is 0 Å². The maximum atomic E-state index is 7.03. The van der Waals surface area contributed by atoms with E-state index in [0.717, 1.165) is 111 Å². The van der Waals surface area contributed by atoms with Crippen LogP contribution in [0.1, 0.15) is 49.9 Å². The number of hydrogen-bond acceptors (Lipinski definition) is 5. The minimum absolute atomic E-state index is 0.190. The first-order valence-electron chi connectivity index (χ1n) is 33.5. The van der Waals surface area contributed by atoms with Crippen LogP contribution in [0.2, 0.25) is 0 Å². The lowest BCUT2D eigenvalue weighted by atomic mass is 9.82. The van der Waals surface area contributed by atoms with Crippen molar-refractivity contribution < 1.29 is 13.3 Å². The summed E-state index contributed by atoms with van der Waals surface area (Å²) in [6, 6.07) is 106. The molecule has 458 valence electrons. The highest BCUT2D eigenvalue weighted by Gasteiger charge is 2.38. The fourth-order valence-corrected chi connectivity index (χ4v) is 17.1. The van der Waals surface area contributed by atoms with Crippen LogP contribution in [0.5, 0.6) is 0 Å². The molecule has 0 fully saturated rings. The Morgan fingerprint density at radius 3 is 0.918 bits per heavy atom. The zero-order chi connectivity index (χ0) is 64.2. The molecule has 5 heterocycles. The van der Waals surface area contributed by atoms with Crippen molar-refractivity contribution in [2.75, 3.05) is 9.80 Å². The summed E-state index contributed by atoms with van der Waals surface area (Å²) in [7, 11) is 0. The maximum absolute atomic E-state index is 7.03. The average Bonchev–Trinajstić information content (AvgIpc) is 1.63. The number of para-hydroxylation sites is 4. The third-order valence-electron chi connectivity index (χ3n) is 21.6. The van der Waals surface area contributed by atoms with Gasteiger partial charge < -0.3 is 32.2 Å². The molecule has 0 radical (unpaired) electrons. The van der Waals surface area contributed by atoms with Gasteiger partial charge in [0.25, 0.3) is 0 Å². The van der Waals surface area contributed by atoms with Gasteiger partial charge in [0.2, 0.25) is 0 Å². The van der Waals surface area contributed by atoms with Crippen molar-refractivity contribution in [1.82, 2.24) is 9.13 Å². The van der Waals surface area contributed by atoms with Gasteiger partial charge in [-0.25, -0.2) is 0 Å². The van der Waals surface area contributed by atoms with Crippen molar-refractivity contribution in [3.05, 3.63) is 313 Å². The van der Waals surface area contributed by atoms with Crippen LogP contribution in [0.4, 0.5) is 34.1 Å². The summed E-state index contributed by atoms with van der Waals surface area (Å²) in [5, 5.41) is 10.9. The van der Waals surface area contributed by atoms with Gasteiger partial charge in [-0.1, -0.05) is 173 Å². The van der Waals surface area contributed by atoms with Crippen molar-refractivity contribution >= 4 is 144 Å². The molecule has 21 rings (SSSR count). The molecule has 0 aliphatic heterocycles. The Balaban J connectivity index is 0.682. The van der Waals surface area contributed by atoms with Gasteiger partial charge in [0.1, 0.15) is 33.5 Å². The van der Waals surface area contributed by atoms with Crippen LogP contribution >= 0.6 is 0 Å². The van der Waals surface area contributed by atoms with Crippen LogP contribution in [-0.4, -0.2) is 9.13 Å². The Morgan fingerprint density at radius 1 is 0.227 bits per heavy atom. The lowest BCUT2D eigenvalue weighted by Gasteiger charge is -2.28. The summed E-state index contributed by atoms with van der Waals surface area (Å²) >= 11 is 0. The Labute approximate surface area is 558 Å². The summed E-state index contributed by atoms with van der Waals surface area (Å²) in [5.74, 6) is 0. The molecule has 0 bridgehead atoms. The fourth-order valence-electron chi connectivity index (χ4n) is 17.1. The minimum Gasteiger partial charge on any atom is -0.456 e. The van der Waals surface area contributed by atoms with Crippen LogP contribution in [-0.2, 0) is 10.8 Å². The van der Waals surface area contributed by atoms with E-state index >= 15 is 0 Å². The number of aromatic nitrogens is 2. The zero-order valence-corrected chi connectivity index (χ0v) is 53.7. The molecule has 5 aromatic heterocycles. The third-order valence-corrected chi connectivity index (χ3v) is 21.6. The summed E-state index contributed by atoms with van der Waals surface area (Å²) in [5.41, 5.74) is 27.8. The molecule has 0 saturated heterocycles. The van der Waals surface area contributed by atoms with Crippen molar-refractivity contribution in [1.29, 1.82) is 0 Å². The first kappa shape index (κ1) is 54.1. The van der Waals surface area contributed by atoms with Gasteiger partial charge in [0.05, 0.1) is 22.1 Å². The summed E-state index contributed by atoms with van der Waals surface area (Å²) in [4.78, 5) is 4.78. The number of anilines is 6. The number of hydrogen-bond donors (Lipinski definition) is 0. The van der Waals surface area contributed by atoms with E-state index in [-0.39, 0.29) is 10.8 Å². The number of furan rings is 3. The molecule has 2 aliphatic carbocycles. The molecular formula is C90H60N4O3. The molecule has 0 atom stereocenters. The normalized spacial score (nSPS) is 13.7. The summed E-state index contributed by atoms with van der Waals surface area (Å²) < 4.78 is 25.7. The van der Waals surface area contributed by atoms with Crippen molar-refractivity contribution in [2.45, 2.75) is 38.5 Å². The predicted molar refractivity (Wildman–Crippen MR) is 401 cm³/mol. The summed E-state index contributed by atoms with van der Waals surface area (Å²) in [6.45, 7) is 9.40. The molecule has 0 N–H and O–H groups in total. The standard InChI is InChI=1S/C90H60N4O3/c1-89(2)75-29-11-5-23-61(75)63-39-35-57(45-77(63)89)91(53-19-17-21-55(43-53)93-79-31-13-7-25-65(79)66-26-8-14-32-80(66)93)59-37-41-69-71-49-87-73(51-85(71)95-83(69)47-59)74-52-86-72(50-88(74)97-87)70-42-38-60(48-84(70)96-86)92(58-36-40-64-62-24-6-12-30-76(62)90(3,4)78(64)46-58)54-20-18-22-56(44-54)94-81-33-15-9-27-67(81)68-28-10-16-34-82(68)94/h5-52H,1-4H3. The van der Waals surface area contributed by atoms with E-state index in [1.807, 2.05) is 0 Å². The fraction of sp³-hybridized carbons (Fsp3) is 0.0667. The zero-order valence-electron chi connectivity index (χ0n) is 53.7. The Bertz CT molecular complexity index is 6120. The van der Waals surface area contributed by atoms with Crippen LogP contribution in [0.25, 0.3) is 143 Å². The number of rotatable bonds is 8. The van der Waals surface area contributed by atoms with E-state index in [2.05, 4.69) is 338 Å². The van der Waals surface area contributed by atoms with Gasteiger partial charge in [-0.2, -0.15) is 0 Å². The minimum atomic E-state index is -0.190. The molecule has 0 amide bonds. The SMILES string of the molecule is CC1(C)c2ccccc2-c2ccc(N(c3cccc(-n4c5ccccc5c5ccccc54)c3)c3ccc4c(c3)oc3cc5c(cc34)oc3cc4c(cc35)oc3cc(N(c5cccc(-n6c7ccccc7c7ccccc76)c5)c5ccc6c(c5)C(C)(C)c5ccccc5-6)ccc34)cc21. The molecule has 19 aromatic rings. The first-order valence-corrected chi connectivity index (χ1v) is 33.5. The van der Waals surface area contributed by atoms with Gasteiger partial charge in [-0.3, -0.25) is 0 Å². The van der Waals surface area contributed by atoms with Gasteiger partial charge in [0.15, 0.2) is 0 Å². The second-order valence-corrected chi connectivity index (χ2v) is 27.6. The second-order valence-electron chi connectivity index (χ2n) is 27.6. The van der Waals surface area contributed by atoms with E-state index in [1.54, 1.807) is 0 Å². The third kappa shape index (κ3) is 7.68. The molecule has 0 unspecified atom stereocenters.